The fourth-order valence-corrected chi connectivity index (χ4v) is 5.25. The van der Waals surface area contributed by atoms with E-state index in [9.17, 15) is 9.90 Å². The first kappa shape index (κ1) is 24.3. The van der Waals surface area contributed by atoms with Gasteiger partial charge in [0.15, 0.2) is 0 Å². The molecule has 0 aromatic heterocycles. The van der Waals surface area contributed by atoms with Gasteiger partial charge in [-0.1, -0.05) is 36.4 Å². The molecule has 1 saturated carbocycles. The van der Waals surface area contributed by atoms with Crippen LogP contribution >= 0.6 is 0 Å². The van der Waals surface area contributed by atoms with Crippen molar-refractivity contribution in [3.05, 3.63) is 83.2 Å². The summed E-state index contributed by atoms with van der Waals surface area (Å²) in [6.07, 6.45) is 4.96. The molecule has 1 aliphatic carbocycles. The summed E-state index contributed by atoms with van der Waals surface area (Å²) in [5.74, 6) is -0.650. The number of benzene rings is 3. The van der Waals surface area contributed by atoms with E-state index in [1.165, 1.54) is 25.7 Å². The summed E-state index contributed by atoms with van der Waals surface area (Å²) in [5.41, 5.74) is 11.0. The van der Waals surface area contributed by atoms with Gasteiger partial charge in [0.2, 0.25) is 0 Å². The van der Waals surface area contributed by atoms with E-state index >= 15 is 4.39 Å². The fourth-order valence-electron chi connectivity index (χ4n) is 5.25. The summed E-state index contributed by atoms with van der Waals surface area (Å²) >= 11 is 0. The molecule has 5 rings (SSSR count). The second-order valence-corrected chi connectivity index (χ2v) is 10.3. The number of piperidine rings is 1. The number of nitrogens with zero attached hydrogens (tertiary/aromatic N) is 1. The molecule has 0 amide bonds. The van der Waals surface area contributed by atoms with Crippen LogP contribution in [0.4, 0.5) is 10.1 Å². The molecular weight excluding hydrogens is 455 g/mol. The molecule has 1 spiro atoms. The number of para-hydroxylation sites is 1. The van der Waals surface area contributed by atoms with Gasteiger partial charge in [0.05, 0.1) is 6.42 Å². The van der Waals surface area contributed by atoms with Crippen LogP contribution < -0.4 is 15.4 Å². The highest BCUT2D eigenvalue weighted by atomic mass is 19.1. The van der Waals surface area contributed by atoms with Gasteiger partial charge in [-0.15, -0.1) is 0 Å². The zero-order valence-electron chi connectivity index (χ0n) is 20.7. The molecule has 1 heterocycles. The van der Waals surface area contributed by atoms with Gasteiger partial charge in [-0.3, -0.25) is 4.79 Å². The number of aliphatic carboxylic acids is 1. The molecule has 0 radical (unpaired) electrons. The predicted octanol–water partition coefficient (Wildman–Crippen LogP) is 6.10. The van der Waals surface area contributed by atoms with Gasteiger partial charge in [0.1, 0.15) is 18.2 Å². The highest BCUT2D eigenvalue weighted by molar-refractivity contribution is 5.72. The summed E-state index contributed by atoms with van der Waals surface area (Å²) in [7, 11) is 0. The maximum Gasteiger partial charge on any atom is 0.307 e. The lowest BCUT2D eigenvalue weighted by atomic mass is 9.92. The third-order valence-electron chi connectivity index (χ3n) is 7.66. The zero-order valence-corrected chi connectivity index (χ0v) is 20.7. The maximum absolute atomic E-state index is 15.5. The quantitative estimate of drug-likeness (QED) is 0.401. The van der Waals surface area contributed by atoms with Crippen molar-refractivity contribution < 1.29 is 19.0 Å². The minimum atomic E-state index is -0.904. The van der Waals surface area contributed by atoms with Crippen molar-refractivity contribution in [3.63, 3.8) is 0 Å². The minimum Gasteiger partial charge on any atom is -0.489 e. The molecule has 3 N–H and O–H groups in total. The van der Waals surface area contributed by atoms with Gasteiger partial charge in [0, 0.05) is 41.5 Å². The maximum atomic E-state index is 15.5. The standard InChI is InChI=1S/C30H33FN2O3/c1-20(32)25-6-4-7-26(29(25)31)23-15-21(19-36-27-8-3-2-5-22(27)18-28(34)35)16-24(17-23)33-13-11-30(9-10-30)12-14-33/h2-8,15-17,20H,9-14,18-19,32H2,1H3,(H,34,35). The van der Waals surface area contributed by atoms with Gasteiger partial charge < -0.3 is 20.5 Å². The van der Waals surface area contributed by atoms with E-state index in [2.05, 4.69) is 17.0 Å². The molecule has 0 bridgehead atoms. The molecule has 1 aliphatic heterocycles. The molecule has 1 unspecified atom stereocenters. The van der Waals surface area contributed by atoms with Gasteiger partial charge in [-0.2, -0.15) is 0 Å². The van der Waals surface area contributed by atoms with Crippen LogP contribution in [0.25, 0.3) is 11.1 Å². The van der Waals surface area contributed by atoms with Gasteiger partial charge >= 0.3 is 5.97 Å². The van der Waals surface area contributed by atoms with Gasteiger partial charge in [0.25, 0.3) is 0 Å². The molecule has 6 heteroatoms. The number of ether oxygens (including phenoxy) is 1. The highest BCUT2D eigenvalue weighted by Crippen LogP contribution is 2.54. The number of nitrogens with two attached hydrogens (primary N) is 1. The number of anilines is 1. The molecule has 3 aromatic carbocycles. The number of carboxylic acids is 1. The average Bonchev–Trinajstić information content (AvgIpc) is 3.62. The molecule has 1 atom stereocenters. The largest absolute Gasteiger partial charge is 0.489 e. The summed E-state index contributed by atoms with van der Waals surface area (Å²) in [6, 6.07) is 18.3. The van der Waals surface area contributed by atoms with Crippen molar-refractivity contribution in [1.29, 1.82) is 0 Å². The minimum absolute atomic E-state index is 0.105. The Morgan fingerprint density at radius 1 is 1.08 bits per heavy atom. The number of halogens is 1. The SMILES string of the molecule is CC(N)c1cccc(-c2cc(COc3ccccc3CC(=O)O)cc(N3CCC4(CC3)CC4)c2)c1F. The molecule has 3 aromatic rings. The van der Waals surface area contributed by atoms with E-state index < -0.39 is 12.0 Å². The van der Waals surface area contributed by atoms with E-state index in [0.717, 1.165) is 29.9 Å². The number of hydrogen-bond acceptors (Lipinski definition) is 4. The second-order valence-electron chi connectivity index (χ2n) is 10.3. The Morgan fingerprint density at radius 2 is 1.83 bits per heavy atom. The second kappa shape index (κ2) is 9.94. The predicted molar refractivity (Wildman–Crippen MR) is 140 cm³/mol. The molecule has 188 valence electrons. The molecule has 2 fully saturated rings. The normalized spacial score (nSPS) is 17.1. The van der Waals surface area contributed by atoms with E-state index in [1.807, 2.05) is 18.2 Å². The van der Waals surface area contributed by atoms with Crippen LogP contribution in [0.3, 0.4) is 0 Å². The monoisotopic (exact) mass is 488 g/mol. The van der Waals surface area contributed by atoms with E-state index in [4.69, 9.17) is 10.5 Å². The summed E-state index contributed by atoms with van der Waals surface area (Å²) < 4.78 is 21.6. The van der Waals surface area contributed by atoms with Gasteiger partial charge in [-0.05, 0) is 73.4 Å². The molecule has 1 saturated heterocycles. The first-order valence-corrected chi connectivity index (χ1v) is 12.7. The van der Waals surface area contributed by atoms with Gasteiger partial charge in [-0.25, -0.2) is 4.39 Å². The number of hydrogen-bond donors (Lipinski definition) is 2. The summed E-state index contributed by atoms with van der Waals surface area (Å²) in [5, 5.41) is 9.24. The number of carboxylic acid groups (broad SMARTS) is 1. The Hall–Kier alpha value is -3.38. The molecule has 5 nitrogen and oxygen atoms in total. The van der Waals surface area contributed by atoms with Crippen molar-refractivity contribution in [2.45, 2.75) is 51.7 Å². The lowest BCUT2D eigenvalue weighted by molar-refractivity contribution is -0.136. The van der Waals surface area contributed by atoms with Crippen LogP contribution in [0, 0.1) is 11.2 Å². The zero-order chi connectivity index (χ0) is 25.3. The van der Waals surface area contributed by atoms with Crippen molar-refractivity contribution in [2.75, 3.05) is 18.0 Å². The van der Waals surface area contributed by atoms with Crippen molar-refractivity contribution in [2.24, 2.45) is 11.1 Å². The summed E-state index contributed by atoms with van der Waals surface area (Å²) in [4.78, 5) is 13.7. The van der Waals surface area contributed by atoms with Crippen molar-refractivity contribution in [3.8, 4) is 16.9 Å². The van der Waals surface area contributed by atoms with E-state index in [-0.39, 0.29) is 18.8 Å². The molecule has 2 aliphatic rings. The number of carbonyl (C=O) groups is 1. The Bertz CT molecular complexity index is 1260. The lowest BCUT2D eigenvalue weighted by Gasteiger charge is -2.34. The third-order valence-corrected chi connectivity index (χ3v) is 7.66. The van der Waals surface area contributed by atoms with Crippen LogP contribution in [0.2, 0.25) is 0 Å². The Kier molecular flexibility index (Phi) is 6.71. The Labute approximate surface area is 211 Å². The van der Waals surface area contributed by atoms with Crippen LogP contribution in [0.5, 0.6) is 5.75 Å². The van der Waals surface area contributed by atoms with Crippen LogP contribution in [-0.2, 0) is 17.8 Å². The average molecular weight is 489 g/mol. The topological polar surface area (TPSA) is 75.8 Å². The highest BCUT2D eigenvalue weighted by Gasteiger charge is 2.44. The summed E-state index contributed by atoms with van der Waals surface area (Å²) in [6.45, 7) is 4.03. The van der Waals surface area contributed by atoms with E-state index in [0.29, 0.717) is 27.9 Å². The van der Waals surface area contributed by atoms with Crippen LogP contribution in [0.1, 0.15) is 55.3 Å². The van der Waals surface area contributed by atoms with Crippen LogP contribution in [-0.4, -0.2) is 24.2 Å². The van der Waals surface area contributed by atoms with Crippen molar-refractivity contribution in [1.82, 2.24) is 0 Å². The molecule has 36 heavy (non-hydrogen) atoms. The fraction of sp³-hybridized carbons (Fsp3) is 0.367. The first-order valence-electron chi connectivity index (χ1n) is 12.7. The molecular formula is C30H33FN2O3. The van der Waals surface area contributed by atoms with Crippen LogP contribution in [0.15, 0.2) is 60.7 Å². The first-order chi connectivity index (χ1) is 17.3. The Balaban J connectivity index is 1.47. The lowest BCUT2D eigenvalue weighted by Crippen LogP contribution is -2.34. The Morgan fingerprint density at radius 3 is 2.53 bits per heavy atom. The third kappa shape index (κ3) is 5.24. The smallest absolute Gasteiger partial charge is 0.307 e. The number of rotatable bonds is 8. The van der Waals surface area contributed by atoms with E-state index in [1.54, 1.807) is 37.3 Å². The van der Waals surface area contributed by atoms with Crippen molar-refractivity contribution >= 4 is 11.7 Å².